The van der Waals surface area contributed by atoms with Crippen molar-refractivity contribution in [3.8, 4) is 11.1 Å². The van der Waals surface area contributed by atoms with Crippen molar-refractivity contribution in [1.82, 2.24) is 16.0 Å². The van der Waals surface area contributed by atoms with Gasteiger partial charge < -0.3 is 30.2 Å². The first-order valence-corrected chi connectivity index (χ1v) is 16.7. The minimum absolute atomic E-state index is 0.104. The van der Waals surface area contributed by atoms with E-state index in [4.69, 9.17) is 14.2 Å². The van der Waals surface area contributed by atoms with Crippen LogP contribution in [0.15, 0.2) is 78.9 Å². The summed E-state index contributed by atoms with van der Waals surface area (Å²) < 4.78 is 16.6. The number of benzene rings is 3. The number of amides is 3. The van der Waals surface area contributed by atoms with Crippen LogP contribution >= 0.6 is 0 Å². The zero-order chi connectivity index (χ0) is 34.1. The van der Waals surface area contributed by atoms with Crippen molar-refractivity contribution >= 4 is 24.1 Å². The van der Waals surface area contributed by atoms with Crippen LogP contribution in [0.1, 0.15) is 75.5 Å². The molecule has 3 atom stereocenters. The highest BCUT2D eigenvalue weighted by atomic mass is 16.6. The lowest BCUT2D eigenvalue weighted by Crippen LogP contribution is -2.52. The lowest BCUT2D eigenvalue weighted by Gasteiger charge is -2.27. The van der Waals surface area contributed by atoms with Crippen LogP contribution in [-0.4, -0.2) is 54.9 Å². The maximum Gasteiger partial charge on any atom is 0.407 e. The van der Waals surface area contributed by atoms with Crippen LogP contribution in [0.25, 0.3) is 11.1 Å². The fourth-order valence-corrected chi connectivity index (χ4v) is 6.40. The molecule has 0 heterocycles. The molecule has 2 aliphatic carbocycles. The molecule has 10 heteroatoms. The highest BCUT2D eigenvalue weighted by molar-refractivity contribution is 5.87. The normalized spacial score (nSPS) is 17.4. The van der Waals surface area contributed by atoms with E-state index < -0.39 is 41.7 Å². The summed E-state index contributed by atoms with van der Waals surface area (Å²) in [7, 11) is 0. The number of carbonyl (C=O) groups is 4. The lowest BCUT2D eigenvalue weighted by molar-refractivity contribution is -0.160. The van der Waals surface area contributed by atoms with E-state index in [0.717, 1.165) is 34.2 Å². The van der Waals surface area contributed by atoms with Crippen LogP contribution < -0.4 is 16.0 Å². The molecule has 0 aromatic heterocycles. The molecule has 0 unspecified atom stereocenters. The van der Waals surface area contributed by atoms with E-state index in [9.17, 15) is 19.2 Å². The minimum Gasteiger partial charge on any atom is -0.460 e. The molecular weight excluding hydrogens is 610 g/mol. The number of esters is 1. The molecule has 48 heavy (non-hydrogen) atoms. The molecule has 0 radical (unpaired) electrons. The minimum atomic E-state index is -0.956. The molecule has 5 rings (SSSR count). The Kier molecular flexibility index (Phi) is 11.4. The number of hydrogen-bond donors (Lipinski definition) is 3. The molecule has 0 aliphatic heterocycles. The maximum absolute atomic E-state index is 13.6. The molecule has 1 saturated carbocycles. The highest BCUT2D eigenvalue weighted by Gasteiger charge is 2.38. The van der Waals surface area contributed by atoms with E-state index in [1.54, 1.807) is 0 Å². The van der Waals surface area contributed by atoms with Gasteiger partial charge in [-0.3, -0.25) is 9.59 Å². The van der Waals surface area contributed by atoms with Gasteiger partial charge in [0.05, 0.1) is 5.92 Å². The molecule has 10 nitrogen and oxygen atoms in total. The topological polar surface area (TPSA) is 132 Å². The summed E-state index contributed by atoms with van der Waals surface area (Å²) >= 11 is 0. The summed E-state index contributed by atoms with van der Waals surface area (Å²) in [4.78, 5) is 51.9. The van der Waals surface area contributed by atoms with Crippen molar-refractivity contribution in [2.75, 3.05) is 13.2 Å². The Balaban J connectivity index is 1.19. The van der Waals surface area contributed by atoms with Crippen molar-refractivity contribution in [2.45, 2.75) is 83.1 Å². The van der Waals surface area contributed by atoms with Crippen LogP contribution in [0.3, 0.4) is 0 Å². The number of fused-ring (bicyclic) bond motifs is 3. The van der Waals surface area contributed by atoms with E-state index in [-0.39, 0.29) is 38.1 Å². The third-order valence-electron chi connectivity index (χ3n) is 8.66. The summed E-state index contributed by atoms with van der Waals surface area (Å²) in [5.41, 5.74) is 4.63. The largest absolute Gasteiger partial charge is 0.460 e. The second-order valence-corrected chi connectivity index (χ2v) is 13.3. The molecular formula is C38H45N3O7. The Hall–Kier alpha value is -4.86. The molecule has 0 saturated heterocycles. The molecule has 1 fully saturated rings. The standard InChI is InChI=1S/C38H45N3O7/c1-38(2,3)48-35(43)30-19-11-20-32(30)40-34(42)33(21-12-22-39-36(44)46-23-25-13-5-4-6-14-25)41-37(45)47-24-31-28-17-9-7-15-26(28)27-16-8-10-18-29(27)31/h4-10,13-18,30-33H,11-12,19-24H2,1-3H3,(H,39,44)(H,40,42)(H,41,45)/t30-,32+,33+/m1/s1. The SMILES string of the molecule is CC(C)(C)OC(=O)[C@@H]1CCC[C@@H]1NC(=O)[C@H](CCCNC(=O)OCc1ccccc1)NC(=O)OCC1c2ccccc2-c2ccccc21. The van der Waals surface area contributed by atoms with E-state index in [1.807, 2.05) is 87.5 Å². The smallest absolute Gasteiger partial charge is 0.407 e. The van der Waals surface area contributed by atoms with Gasteiger partial charge >= 0.3 is 18.2 Å². The van der Waals surface area contributed by atoms with Crippen molar-refractivity contribution in [1.29, 1.82) is 0 Å². The molecule has 2 aliphatic rings. The van der Waals surface area contributed by atoms with Gasteiger partial charge in [-0.15, -0.1) is 0 Å². The van der Waals surface area contributed by atoms with Crippen molar-refractivity contribution in [3.05, 3.63) is 95.6 Å². The summed E-state index contributed by atoms with van der Waals surface area (Å²) in [6.45, 7) is 5.91. The number of carbonyl (C=O) groups excluding carboxylic acids is 4. The van der Waals surface area contributed by atoms with Gasteiger partial charge in [0.25, 0.3) is 0 Å². The third kappa shape index (κ3) is 9.14. The molecule has 3 aromatic carbocycles. The van der Waals surface area contributed by atoms with Gasteiger partial charge in [-0.05, 0) is 74.3 Å². The van der Waals surface area contributed by atoms with Crippen LogP contribution in [-0.2, 0) is 30.4 Å². The van der Waals surface area contributed by atoms with E-state index in [1.165, 1.54) is 0 Å². The first-order valence-electron chi connectivity index (χ1n) is 16.7. The summed E-state index contributed by atoms with van der Waals surface area (Å²) in [6.07, 6.45) is 1.31. The quantitative estimate of drug-likeness (QED) is 0.120. The Morgan fingerprint density at radius 3 is 2.12 bits per heavy atom. The van der Waals surface area contributed by atoms with Gasteiger partial charge in [0, 0.05) is 18.5 Å². The molecule has 0 bridgehead atoms. The summed E-state index contributed by atoms with van der Waals surface area (Å²) in [5.74, 6) is -1.36. The Labute approximate surface area is 281 Å². The Morgan fingerprint density at radius 2 is 1.46 bits per heavy atom. The highest BCUT2D eigenvalue weighted by Crippen LogP contribution is 2.44. The molecule has 0 spiro atoms. The van der Waals surface area contributed by atoms with Gasteiger partial charge in [0.15, 0.2) is 0 Å². The van der Waals surface area contributed by atoms with Crippen molar-refractivity contribution in [2.24, 2.45) is 5.92 Å². The molecule has 3 aromatic rings. The van der Waals surface area contributed by atoms with Crippen LogP contribution in [0, 0.1) is 5.92 Å². The Bertz CT molecular complexity index is 1540. The zero-order valence-electron chi connectivity index (χ0n) is 27.8. The van der Waals surface area contributed by atoms with Crippen LogP contribution in [0.4, 0.5) is 9.59 Å². The van der Waals surface area contributed by atoms with Crippen LogP contribution in [0.5, 0.6) is 0 Å². The predicted molar refractivity (Wildman–Crippen MR) is 181 cm³/mol. The number of alkyl carbamates (subject to hydrolysis) is 2. The zero-order valence-corrected chi connectivity index (χ0v) is 27.8. The first kappa shape index (κ1) is 34.5. The van der Waals surface area contributed by atoms with E-state index in [2.05, 4.69) is 28.1 Å². The average Bonchev–Trinajstić information content (AvgIpc) is 3.66. The van der Waals surface area contributed by atoms with Gasteiger partial charge in [-0.1, -0.05) is 85.3 Å². The van der Waals surface area contributed by atoms with Gasteiger partial charge in [0.2, 0.25) is 5.91 Å². The maximum atomic E-state index is 13.6. The fourth-order valence-electron chi connectivity index (χ4n) is 6.40. The second-order valence-electron chi connectivity index (χ2n) is 13.3. The third-order valence-corrected chi connectivity index (χ3v) is 8.66. The van der Waals surface area contributed by atoms with Gasteiger partial charge in [-0.2, -0.15) is 0 Å². The first-order chi connectivity index (χ1) is 23.1. The molecule has 254 valence electrons. The summed E-state index contributed by atoms with van der Waals surface area (Å²) in [5, 5.41) is 8.44. The van der Waals surface area contributed by atoms with E-state index >= 15 is 0 Å². The predicted octanol–water partition coefficient (Wildman–Crippen LogP) is 6.23. The molecule has 3 N–H and O–H groups in total. The summed E-state index contributed by atoms with van der Waals surface area (Å²) in [6, 6.07) is 24.1. The van der Waals surface area contributed by atoms with Gasteiger partial charge in [-0.25, -0.2) is 9.59 Å². The number of nitrogens with one attached hydrogen (secondary N) is 3. The average molecular weight is 656 g/mol. The second kappa shape index (κ2) is 15.8. The Morgan fingerprint density at radius 1 is 0.812 bits per heavy atom. The number of hydrogen-bond acceptors (Lipinski definition) is 7. The number of ether oxygens (including phenoxy) is 3. The van der Waals surface area contributed by atoms with Gasteiger partial charge in [0.1, 0.15) is 24.9 Å². The van der Waals surface area contributed by atoms with Crippen molar-refractivity contribution < 1.29 is 33.4 Å². The molecule has 3 amide bonds. The lowest BCUT2D eigenvalue weighted by atomic mass is 9.98. The number of rotatable bonds is 12. The van der Waals surface area contributed by atoms with Crippen LogP contribution in [0.2, 0.25) is 0 Å². The van der Waals surface area contributed by atoms with Crippen molar-refractivity contribution in [3.63, 3.8) is 0 Å². The van der Waals surface area contributed by atoms with E-state index in [0.29, 0.717) is 19.3 Å². The monoisotopic (exact) mass is 655 g/mol. The fraction of sp³-hybridized carbons (Fsp3) is 0.421.